The second kappa shape index (κ2) is 8.16. The lowest BCUT2D eigenvalue weighted by molar-refractivity contribution is -0.116. The molecule has 6 nitrogen and oxygen atoms in total. The molecule has 0 aliphatic rings. The van der Waals surface area contributed by atoms with Gasteiger partial charge in [-0.1, -0.05) is 29.8 Å². The van der Waals surface area contributed by atoms with Gasteiger partial charge in [-0.05, 0) is 55.8 Å². The van der Waals surface area contributed by atoms with E-state index in [0.717, 1.165) is 22.3 Å². The lowest BCUT2D eigenvalue weighted by Gasteiger charge is -2.12. The van der Waals surface area contributed by atoms with Crippen LogP contribution in [-0.4, -0.2) is 20.3 Å². The fourth-order valence-corrected chi connectivity index (χ4v) is 3.73. The van der Waals surface area contributed by atoms with E-state index in [1.807, 2.05) is 44.2 Å². The van der Waals surface area contributed by atoms with Crippen LogP contribution in [0.1, 0.15) is 17.7 Å². The van der Waals surface area contributed by atoms with E-state index in [2.05, 4.69) is 10.4 Å². The van der Waals surface area contributed by atoms with E-state index in [1.54, 1.807) is 39.6 Å². The molecule has 2 aromatic heterocycles. The molecule has 0 saturated carbocycles. The smallest absolute Gasteiger partial charge is 0.252 e. The minimum Gasteiger partial charge on any atom is -0.326 e. The molecule has 0 aliphatic carbocycles. The number of aromatic nitrogens is 3. The molecule has 0 fully saturated rings. The van der Waals surface area contributed by atoms with Crippen molar-refractivity contribution in [3.8, 4) is 5.69 Å². The third kappa shape index (κ3) is 3.86. The Morgan fingerprint density at radius 2 is 1.77 bits per heavy atom. The first kappa shape index (κ1) is 19.9. The maximum atomic E-state index is 12.8. The Bertz CT molecular complexity index is 1270. The summed E-state index contributed by atoms with van der Waals surface area (Å²) in [6.07, 6.45) is 0.152. The summed E-state index contributed by atoms with van der Waals surface area (Å²) in [5.74, 6) is -0.180. The van der Waals surface area contributed by atoms with E-state index < -0.39 is 0 Å². The largest absolute Gasteiger partial charge is 0.326 e. The van der Waals surface area contributed by atoms with Gasteiger partial charge in [0.15, 0.2) is 0 Å². The molecule has 2 heterocycles. The van der Waals surface area contributed by atoms with Gasteiger partial charge in [0.2, 0.25) is 5.91 Å². The zero-order chi connectivity index (χ0) is 21.3. The van der Waals surface area contributed by atoms with Crippen LogP contribution in [0.15, 0.2) is 65.5 Å². The van der Waals surface area contributed by atoms with Crippen LogP contribution in [0.4, 0.5) is 5.69 Å². The van der Waals surface area contributed by atoms with Gasteiger partial charge in [-0.25, -0.2) is 4.68 Å². The number of benzene rings is 2. The van der Waals surface area contributed by atoms with Gasteiger partial charge in [0.1, 0.15) is 5.65 Å². The number of hydrogen-bond donors (Lipinski definition) is 1. The number of pyridine rings is 1. The fraction of sp³-hybridized carbons (Fsp3) is 0.174. The molecule has 30 heavy (non-hydrogen) atoms. The van der Waals surface area contributed by atoms with Crippen LogP contribution >= 0.6 is 11.6 Å². The zero-order valence-electron chi connectivity index (χ0n) is 16.7. The first-order valence-electron chi connectivity index (χ1n) is 9.64. The lowest BCUT2D eigenvalue weighted by atomic mass is 10.1. The number of amides is 1. The molecule has 4 rings (SSSR count). The first-order valence-corrected chi connectivity index (χ1v) is 10.0. The van der Waals surface area contributed by atoms with E-state index in [1.165, 1.54) is 0 Å². The highest BCUT2D eigenvalue weighted by Crippen LogP contribution is 2.24. The first-order chi connectivity index (χ1) is 14.4. The molecule has 0 bridgehead atoms. The lowest BCUT2D eigenvalue weighted by Crippen LogP contribution is -2.25. The molecule has 1 N–H and O–H groups in total. The number of hydrogen-bond acceptors (Lipinski definition) is 3. The van der Waals surface area contributed by atoms with E-state index in [-0.39, 0.29) is 24.4 Å². The summed E-state index contributed by atoms with van der Waals surface area (Å²) in [6, 6.07) is 18.2. The summed E-state index contributed by atoms with van der Waals surface area (Å²) in [5.41, 5.74) is 3.78. The van der Waals surface area contributed by atoms with E-state index in [9.17, 15) is 9.59 Å². The number of nitrogens with zero attached hydrogens (tertiary/aromatic N) is 3. The summed E-state index contributed by atoms with van der Waals surface area (Å²) in [5, 5.41) is 9.03. The molecule has 152 valence electrons. The number of anilines is 1. The third-order valence-electron chi connectivity index (χ3n) is 4.98. The Labute approximate surface area is 178 Å². The van der Waals surface area contributed by atoms with Gasteiger partial charge in [0.05, 0.1) is 11.4 Å². The summed E-state index contributed by atoms with van der Waals surface area (Å²) < 4.78 is 3.40. The second-order valence-corrected chi connectivity index (χ2v) is 7.59. The van der Waals surface area contributed by atoms with E-state index in [0.29, 0.717) is 16.4 Å². The van der Waals surface area contributed by atoms with E-state index >= 15 is 0 Å². The third-order valence-corrected chi connectivity index (χ3v) is 5.24. The molecule has 1 amide bonds. The van der Waals surface area contributed by atoms with Crippen molar-refractivity contribution in [2.24, 2.45) is 0 Å². The van der Waals surface area contributed by atoms with Gasteiger partial charge in [-0.15, -0.1) is 0 Å². The Balaban J connectivity index is 1.69. The zero-order valence-corrected chi connectivity index (χ0v) is 17.5. The van der Waals surface area contributed by atoms with Crippen LogP contribution < -0.4 is 10.9 Å². The topological polar surface area (TPSA) is 68.9 Å². The monoisotopic (exact) mass is 420 g/mol. The Morgan fingerprint density at radius 1 is 1.07 bits per heavy atom. The predicted molar refractivity (Wildman–Crippen MR) is 120 cm³/mol. The molecule has 0 spiro atoms. The number of aryl methyl sites for hydroxylation is 3. The molecule has 0 radical (unpaired) electrons. The number of carbonyl (C=O) groups is 1. The Hall–Kier alpha value is -3.38. The molecule has 0 aliphatic heterocycles. The van der Waals surface area contributed by atoms with E-state index in [4.69, 9.17) is 11.6 Å². The van der Waals surface area contributed by atoms with Crippen LogP contribution in [0.25, 0.3) is 16.7 Å². The molecular weight excluding hydrogens is 400 g/mol. The SMILES string of the molecule is Cc1cc(=O)n(CCC(=O)Nc2ccc(Cl)cc2)c2c1c(C)nn2-c1ccccc1. The van der Waals surface area contributed by atoms with Gasteiger partial charge >= 0.3 is 0 Å². The fourth-order valence-electron chi connectivity index (χ4n) is 3.60. The highest BCUT2D eigenvalue weighted by Gasteiger charge is 2.17. The summed E-state index contributed by atoms with van der Waals surface area (Å²) in [7, 11) is 0. The minimum absolute atomic E-state index is 0.152. The van der Waals surface area contributed by atoms with Crippen molar-refractivity contribution in [2.45, 2.75) is 26.8 Å². The Morgan fingerprint density at radius 3 is 2.47 bits per heavy atom. The maximum Gasteiger partial charge on any atom is 0.252 e. The summed E-state index contributed by atoms with van der Waals surface area (Å²) in [4.78, 5) is 25.3. The average molecular weight is 421 g/mol. The highest BCUT2D eigenvalue weighted by atomic mass is 35.5. The average Bonchev–Trinajstić information content (AvgIpc) is 3.08. The van der Waals surface area contributed by atoms with Gasteiger partial charge in [0, 0.05) is 35.1 Å². The summed E-state index contributed by atoms with van der Waals surface area (Å²) >= 11 is 5.88. The van der Waals surface area contributed by atoms with Crippen LogP contribution in [0.3, 0.4) is 0 Å². The van der Waals surface area contributed by atoms with Crippen molar-refractivity contribution in [2.75, 3.05) is 5.32 Å². The molecule has 7 heteroatoms. The minimum atomic E-state index is -0.180. The normalized spacial score (nSPS) is 11.0. The van der Waals surface area contributed by atoms with Gasteiger partial charge in [-0.3, -0.25) is 14.2 Å². The molecule has 4 aromatic rings. The molecule has 0 unspecified atom stereocenters. The van der Waals surface area contributed by atoms with Crippen molar-refractivity contribution in [1.29, 1.82) is 0 Å². The maximum absolute atomic E-state index is 12.8. The molecule has 2 aromatic carbocycles. The van der Waals surface area contributed by atoms with Crippen molar-refractivity contribution in [1.82, 2.24) is 14.3 Å². The number of fused-ring (bicyclic) bond motifs is 1. The van der Waals surface area contributed by atoms with Crippen molar-refractivity contribution >= 4 is 34.2 Å². The van der Waals surface area contributed by atoms with Gasteiger partial charge in [-0.2, -0.15) is 5.10 Å². The number of halogens is 1. The number of para-hydroxylation sites is 1. The van der Waals surface area contributed by atoms with Crippen LogP contribution in [-0.2, 0) is 11.3 Å². The van der Waals surface area contributed by atoms with Gasteiger partial charge < -0.3 is 5.32 Å². The van der Waals surface area contributed by atoms with Crippen LogP contribution in [0.2, 0.25) is 5.02 Å². The number of nitrogens with one attached hydrogen (secondary N) is 1. The van der Waals surface area contributed by atoms with Crippen molar-refractivity contribution < 1.29 is 4.79 Å². The van der Waals surface area contributed by atoms with Crippen LogP contribution in [0, 0.1) is 13.8 Å². The predicted octanol–water partition coefficient (Wildman–Crippen LogP) is 4.49. The number of carbonyl (C=O) groups excluding carboxylic acids is 1. The molecular formula is C23H21ClN4O2. The van der Waals surface area contributed by atoms with Crippen molar-refractivity contribution in [3.63, 3.8) is 0 Å². The number of rotatable bonds is 5. The highest BCUT2D eigenvalue weighted by molar-refractivity contribution is 6.30. The quantitative estimate of drug-likeness (QED) is 0.517. The van der Waals surface area contributed by atoms with Gasteiger partial charge in [0.25, 0.3) is 5.56 Å². The molecule has 0 atom stereocenters. The second-order valence-electron chi connectivity index (χ2n) is 7.15. The molecule has 0 saturated heterocycles. The van der Waals surface area contributed by atoms with Crippen molar-refractivity contribution in [3.05, 3.63) is 87.3 Å². The standard InChI is InChI=1S/C23H21ClN4O2/c1-15-14-21(30)27(13-12-20(29)25-18-10-8-17(24)9-11-18)23-22(15)16(2)26-28(23)19-6-4-3-5-7-19/h3-11,14H,12-13H2,1-2H3,(H,25,29). The Kier molecular flexibility index (Phi) is 5.42. The van der Waals surface area contributed by atoms with Crippen LogP contribution in [0.5, 0.6) is 0 Å². The summed E-state index contributed by atoms with van der Waals surface area (Å²) in [6.45, 7) is 4.08.